The van der Waals surface area contributed by atoms with Crippen molar-refractivity contribution in [1.29, 1.82) is 0 Å². The van der Waals surface area contributed by atoms with Gasteiger partial charge in [0.2, 0.25) is 0 Å². The van der Waals surface area contributed by atoms with Crippen molar-refractivity contribution in [2.24, 2.45) is 0 Å². The van der Waals surface area contributed by atoms with Crippen molar-refractivity contribution in [2.45, 2.75) is 6.42 Å². The number of carbonyl (C=O) groups excluding carboxylic acids is 1. The highest BCUT2D eigenvalue weighted by Gasteiger charge is 2.04. The number of rotatable bonds is 6. The molecule has 5 nitrogen and oxygen atoms in total. The third-order valence-corrected chi connectivity index (χ3v) is 3.18. The number of thiazole rings is 1. The fourth-order valence-corrected chi connectivity index (χ4v) is 2.10. The first kappa shape index (κ1) is 14.3. The monoisotopic (exact) mass is 295 g/mol. The van der Waals surface area contributed by atoms with Crippen LogP contribution in [0.3, 0.4) is 0 Å². The van der Waals surface area contributed by atoms with E-state index in [1.165, 1.54) is 35.6 Å². The Hall–Kier alpha value is -2.15. The molecule has 1 amide bonds. The first-order chi connectivity index (χ1) is 9.63. The average molecular weight is 295 g/mol. The normalized spacial score (nSPS) is 10.2. The van der Waals surface area contributed by atoms with Gasteiger partial charge < -0.3 is 15.8 Å². The minimum absolute atomic E-state index is 0.106. The summed E-state index contributed by atoms with van der Waals surface area (Å²) in [6.45, 7) is 0.361. The maximum Gasteiger partial charge on any atom is 0.257 e. The number of aromatic nitrogens is 1. The summed E-state index contributed by atoms with van der Waals surface area (Å²) in [6.07, 6.45) is 0.621. The smallest absolute Gasteiger partial charge is 0.257 e. The lowest BCUT2D eigenvalue weighted by Crippen LogP contribution is -2.30. The summed E-state index contributed by atoms with van der Waals surface area (Å²) in [5.74, 6) is -0.129. The van der Waals surface area contributed by atoms with Crippen molar-refractivity contribution in [2.75, 3.05) is 18.9 Å². The Labute approximate surface area is 119 Å². The van der Waals surface area contributed by atoms with Crippen LogP contribution in [0.1, 0.15) is 5.69 Å². The van der Waals surface area contributed by atoms with Crippen LogP contribution in [-0.2, 0) is 11.2 Å². The van der Waals surface area contributed by atoms with Gasteiger partial charge in [-0.1, -0.05) is 0 Å². The summed E-state index contributed by atoms with van der Waals surface area (Å²) in [5, 5.41) is 5.08. The second-order valence-electron chi connectivity index (χ2n) is 4.02. The van der Waals surface area contributed by atoms with Gasteiger partial charge in [0.15, 0.2) is 11.7 Å². The lowest BCUT2D eigenvalue weighted by Gasteiger charge is -2.06. The largest absolute Gasteiger partial charge is 0.484 e. The van der Waals surface area contributed by atoms with Gasteiger partial charge in [-0.25, -0.2) is 9.37 Å². The molecule has 0 fully saturated rings. The van der Waals surface area contributed by atoms with Crippen molar-refractivity contribution >= 4 is 22.4 Å². The first-order valence-electron chi connectivity index (χ1n) is 5.98. The van der Waals surface area contributed by atoms with Crippen molar-refractivity contribution in [3.8, 4) is 5.75 Å². The molecule has 0 bridgehead atoms. The molecule has 0 saturated heterocycles. The van der Waals surface area contributed by atoms with Gasteiger partial charge in [0.25, 0.3) is 5.91 Å². The van der Waals surface area contributed by atoms with Crippen LogP contribution in [0.25, 0.3) is 0 Å². The summed E-state index contributed by atoms with van der Waals surface area (Å²) in [6, 6.07) is 5.50. The third-order valence-electron chi connectivity index (χ3n) is 2.46. The molecule has 0 unspecified atom stereocenters. The number of hydrogen-bond donors (Lipinski definition) is 2. The van der Waals surface area contributed by atoms with Crippen LogP contribution < -0.4 is 15.8 Å². The molecule has 20 heavy (non-hydrogen) atoms. The first-order valence-corrected chi connectivity index (χ1v) is 6.86. The van der Waals surface area contributed by atoms with Gasteiger partial charge in [0.1, 0.15) is 11.6 Å². The van der Waals surface area contributed by atoms with Crippen molar-refractivity contribution < 1.29 is 13.9 Å². The fourth-order valence-electron chi connectivity index (χ4n) is 1.50. The topological polar surface area (TPSA) is 77.2 Å². The number of nitrogen functional groups attached to an aromatic ring is 1. The SMILES string of the molecule is Nc1nc(CCNC(=O)COc2ccc(F)cc2)cs1. The number of nitrogens with one attached hydrogen (secondary N) is 1. The zero-order chi connectivity index (χ0) is 14.4. The highest BCUT2D eigenvalue weighted by atomic mass is 32.1. The molecule has 7 heteroatoms. The summed E-state index contributed by atoms with van der Waals surface area (Å²) in [5.41, 5.74) is 6.36. The van der Waals surface area contributed by atoms with Crippen LogP contribution in [0.4, 0.5) is 9.52 Å². The molecule has 106 valence electrons. The summed E-state index contributed by atoms with van der Waals surface area (Å²) in [7, 11) is 0. The van der Waals surface area contributed by atoms with E-state index in [9.17, 15) is 9.18 Å². The van der Waals surface area contributed by atoms with Gasteiger partial charge in [0.05, 0.1) is 5.69 Å². The van der Waals surface area contributed by atoms with E-state index in [0.717, 1.165) is 5.69 Å². The van der Waals surface area contributed by atoms with Crippen LogP contribution in [0, 0.1) is 5.82 Å². The van der Waals surface area contributed by atoms with Gasteiger partial charge >= 0.3 is 0 Å². The fraction of sp³-hybridized carbons (Fsp3) is 0.231. The quantitative estimate of drug-likeness (QED) is 0.848. The van der Waals surface area contributed by atoms with Gasteiger partial charge in [-0.05, 0) is 24.3 Å². The maximum absolute atomic E-state index is 12.7. The van der Waals surface area contributed by atoms with E-state index in [0.29, 0.717) is 23.8 Å². The maximum atomic E-state index is 12.7. The lowest BCUT2D eigenvalue weighted by molar-refractivity contribution is -0.123. The molecule has 0 radical (unpaired) electrons. The van der Waals surface area contributed by atoms with E-state index in [-0.39, 0.29) is 18.3 Å². The average Bonchev–Trinajstić information content (AvgIpc) is 2.84. The van der Waals surface area contributed by atoms with Crippen LogP contribution in [0.15, 0.2) is 29.6 Å². The van der Waals surface area contributed by atoms with E-state index in [1.54, 1.807) is 0 Å². The molecule has 0 saturated carbocycles. The van der Waals surface area contributed by atoms with Crippen LogP contribution in [-0.4, -0.2) is 24.0 Å². The van der Waals surface area contributed by atoms with Crippen LogP contribution >= 0.6 is 11.3 Å². The van der Waals surface area contributed by atoms with Crippen molar-refractivity contribution in [1.82, 2.24) is 10.3 Å². The Balaban J connectivity index is 1.66. The van der Waals surface area contributed by atoms with Crippen molar-refractivity contribution in [3.05, 3.63) is 41.2 Å². The Kier molecular flexibility index (Phi) is 4.89. The Bertz CT molecular complexity index is 571. The summed E-state index contributed by atoms with van der Waals surface area (Å²) in [4.78, 5) is 15.6. The minimum Gasteiger partial charge on any atom is -0.484 e. The standard InChI is InChI=1S/C13H14FN3O2S/c14-9-1-3-11(4-2-9)19-7-12(18)16-6-5-10-8-20-13(15)17-10/h1-4,8H,5-7H2,(H2,15,17)(H,16,18). The summed E-state index contributed by atoms with van der Waals surface area (Å²) >= 11 is 1.37. The number of nitrogens with zero attached hydrogens (tertiary/aromatic N) is 1. The molecule has 2 aromatic rings. The van der Waals surface area contributed by atoms with E-state index in [1.807, 2.05) is 5.38 Å². The van der Waals surface area contributed by atoms with Gasteiger partial charge in [-0.15, -0.1) is 11.3 Å². The number of ether oxygens (including phenoxy) is 1. The van der Waals surface area contributed by atoms with Crippen molar-refractivity contribution in [3.63, 3.8) is 0 Å². The zero-order valence-electron chi connectivity index (χ0n) is 10.6. The van der Waals surface area contributed by atoms with E-state index in [2.05, 4.69) is 10.3 Å². The number of benzene rings is 1. The lowest BCUT2D eigenvalue weighted by atomic mass is 10.3. The number of anilines is 1. The van der Waals surface area contributed by atoms with E-state index >= 15 is 0 Å². The van der Waals surface area contributed by atoms with Crippen LogP contribution in [0.2, 0.25) is 0 Å². The van der Waals surface area contributed by atoms with Gasteiger partial charge in [-0.3, -0.25) is 4.79 Å². The molecule has 1 aromatic carbocycles. The molecule has 0 spiro atoms. The molecule has 3 N–H and O–H groups in total. The Morgan fingerprint density at radius 2 is 2.15 bits per heavy atom. The molecule has 2 rings (SSSR count). The number of hydrogen-bond acceptors (Lipinski definition) is 5. The Morgan fingerprint density at radius 3 is 2.80 bits per heavy atom. The predicted octanol–water partition coefficient (Wildman–Crippen LogP) is 1.60. The zero-order valence-corrected chi connectivity index (χ0v) is 11.5. The van der Waals surface area contributed by atoms with Gasteiger partial charge in [0, 0.05) is 18.3 Å². The molecule has 1 aromatic heterocycles. The highest BCUT2D eigenvalue weighted by molar-refractivity contribution is 7.13. The van der Waals surface area contributed by atoms with E-state index < -0.39 is 0 Å². The second-order valence-corrected chi connectivity index (χ2v) is 4.91. The van der Waals surface area contributed by atoms with E-state index in [4.69, 9.17) is 10.5 Å². The van der Waals surface area contributed by atoms with Gasteiger partial charge in [-0.2, -0.15) is 0 Å². The number of carbonyl (C=O) groups is 1. The molecule has 0 aliphatic heterocycles. The number of nitrogens with two attached hydrogens (primary N) is 1. The highest BCUT2D eigenvalue weighted by Crippen LogP contribution is 2.11. The molecule has 1 heterocycles. The number of amides is 1. The Morgan fingerprint density at radius 1 is 1.40 bits per heavy atom. The predicted molar refractivity (Wildman–Crippen MR) is 75.1 cm³/mol. The molecule has 0 aliphatic rings. The molecule has 0 aliphatic carbocycles. The molecule has 0 atom stereocenters. The molecular formula is C13H14FN3O2S. The second kappa shape index (κ2) is 6.85. The van der Waals surface area contributed by atoms with Crippen LogP contribution in [0.5, 0.6) is 5.75 Å². The minimum atomic E-state index is -0.343. The summed E-state index contributed by atoms with van der Waals surface area (Å²) < 4.78 is 17.9. The molecular weight excluding hydrogens is 281 g/mol. The third kappa shape index (κ3) is 4.51. The number of halogens is 1.